The number of nitrogens with zero attached hydrogens (tertiary/aromatic N) is 2. The maximum Gasteiger partial charge on any atom is 0.229 e. The van der Waals surface area contributed by atoms with Gasteiger partial charge in [0.15, 0.2) is 5.82 Å². The minimum atomic E-state index is -0.456. The topological polar surface area (TPSA) is 80.9 Å². The van der Waals surface area contributed by atoms with Crippen molar-refractivity contribution in [3.05, 3.63) is 12.5 Å². The number of carbonyl (C=O) groups excluding carboxylic acids is 1. The third-order valence-electron chi connectivity index (χ3n) is 1.67. The lowest BCUT2D eigenvalue weighted by molar-refractivity contribution is -0.123. The van der Waals surface area contributed by atoms with Crippen LogP contribution < -0.4 is 11.1 Å². The van der Waals surface area contributed by atoms with Gasteiger partial charge in [-0.3, -0.25) is 4.79 Å². The van der Waals surface area contributed by atoms with Gasteiger partial charge >= 0.3 is 0 Å². The number of amides is 1. The van der Waals surface area contributed by atoms with Crippen molar-refractivity contribution in [3.8, 4) is 0 Å². The lowest BCUT2D eigenvalue weighted by atomic mass is 9.96. The molecule has 1 aromatic heterocycles. The van der Waals surface area contributed by atoms with Gasteiger partial charge in [0, 0.05) is 5.41 Å². The number of aromatic nitrogens is 2. The molecule has 5 nitrogen and oxygen atoms in total. The van der Waals surface area contributed by atoms with E-state index in [1.165, 1.54) is 12.5 Å². The van der Waals surface area contributed by atoms with Crippen molar-refractivity contribution in [1.82, 2.24) is 9.97 Å². The van der Waals surface area contributed by atoms with Crippen molar-refractivity contribution in [2.75, 3.05) is 11.1 Å². The Bertz CT molecular complexity index is 343. The molecule has 0 fully saturated rings. The highest BCUT2D eigenvalue weighted by Gasteiger charge is 2.21. The number of hydrogen-bond donors (Lipinski definition) is 2. The van der Waals surface area contributed by atoms with Crippen molar-refractivity contribution in [2.24, 2.45) is 5.41 Å². The van der Waals surface area contributed by atoms with Gasteiger partial charge < -0.3 is 11.1 Å². The van der Waals surface area contributed by atoms with Crippen LogP contribution in [0.4, 0.5) is 11.5 Å². The molecule has 3 N–H and O–H groups in total. The van der Waals surface area contributed by atoms with Crippen LogP contribution in [-0.2, 0) is 4.79 Å². The van der Waals surface area contributed by atoms with Crippen LogP contribution in [0.1, 0.15) is 20.8 Å². The zero-order chi connectivity index (χ0) is 10.8. The quantitative estimate of drug-likeness (QED) is 0.700. The molecule has 0 aliphatic rings. The first-order valence-corrected chi connectivity index (χ1v) is 4.28. The predicted octanol–water partition coefficient (Wildman–Crippen LogP) is 1.04. The van der Waals surface area contributed by atoms with E-state index in [0.717, 1.165) is 0 Å². The molecule has 0 spiro atoms. The Kier molecular flexibility index (Phi) is 2.69. The fourth-order valence-corrected chi connectivity index (χ4v) is 0.745. The van der Waals surface area contributed by atoms with Gasteiger partial charge in [0.05, 0.1) is 6.20 Å². The van der Waals surface area contributed by atoms with E-state index in [9.17, 15) is 4.79 Å². The van der Waals surface area contributed by atoms with Gasteiger partial charge in [-0.05, 0) is 0 Å². The van der Waals surface area contributed by atoms with Gasteiger partial charge in [-0.15, -0.1) is 0 Å². The maximum absolute atomic E-state index is 11.6. The zero-order valence-corrected chi connectivity index (χ0v) is 8.53. The first kappa shape index (κ1) is 10.4. The Balaban J connectivity index is 2.80. The number of nitrogens with two attached hydrogens (primary N) is 1. The maximum atomic E-state index is 11.6. The van der Waals surface area contributed by atoms with Gasteiger partial charge in [0.2, 0.25) is 5.91 Å². The summed E-state index contributed by atoms with van der Waals surface area (Å²) in [5.74, 6) is 0.164. The Hall–Kier alpha value is -1.65. The van der Waals surface area contributed by atoms with Gasteiger partial charge in [0.1, 0.15) is 12.0 Å². The molecule has 1 aromatic rings. The van der Waals surface area contributed by atoms with E-state index in [1.807, 2.05) is 20.8 Å². The number of nitrogens with one attached hydrogen (secondary N) is 1. The van der Waals surface area contributed by atoms with Crippen molar-refractivity contribution in [1.29, 1.82) is 0 Å². The molecule has 0 saturated carbocycles. The minimum Gasteiger partial charge on any atom is -0.382 e. The van der Waals surface area contributed by atoms with Gasteiger partial charge in [-0.1, -0.05) is 20.8 Å². The molecule has 14 heavy (non-hydrogen) atoms. The smallest absolute Gasteiger partial charge is 0.229 e. The molecular weight excluding hydrogens is 180 g/mol. The molecule has 0 aromatic carbocycles. The van der Waals surface area contributed by atoms with E-state index in [-0.39, 0.29) is 11.7 Å². The van der Waals surface area contributed by atoms with Crippen LogP contribution in [0.3, 0.4) is 0 Å². The van der Waals surface area contributed by atoms with Crippen LogP contribution in [0, 0.1) is 5.41 Å². The molecule has 0 aliphatic carbocycles. The van der Waals surface area contributed by atoms with Crippen molar-refractivity contribution in [2.45, 2.75) is 20.8 Å². The predicted molar refractivity (Wildman–Crippen MR) is 54.5 cm³/mol. The molecule has 1 rings (SSSR count). The summed E-state index contributed by atoms with van der Waals surface area (Å²) in [6.07, 6.45) is 2.81. The van der Waals surface area contributed by atoms with Crippen LogP contribution in [0.15, 0.2) is 12.5 Å². The first-order valence-electron chi connectivity index (χ1n) is 4.28. The highest BCUT2D eigenvalue weighted by atomic mass is 16.2. The van der Waals surface area contributed by atoms with E-state index < -0.39 is 5.41 Å². The van der Waals surface area contributed by atoms with Crippen molar-refractivity contribution < 1.29 is 4.79 Å². The van der Waals surface area contributed by atoms with Crippen LogP contribution in [0.5, 0.6) is 0 Å². The number of anilines is 2. The Morgan fingerprint density at radius 3 is 2.64 bits per heavy atom. The first-order chi connectivity index (χ1) is 6.41. The third-order valence-corrected chi connectivity index (χ3v) is 1.67. The van der Waals surface area contributed by atoms with E-state index >= 15 is 0 Å². The summed E-state index contributed by atoms with van der Waals surface area (Å²) in [5, 5.41) is 2.66. The molecule has 0 radical (unpaired) electrons. The summed E-state index contributed by atoms with van der Waals surface area (Å²) in [4.78, 5) is 19.1. The Morgan fingerprint density at radius 1 is 1.50 bits per heavy atom. The number of hydrogen-bond acceptors (Lipinski definition) is 4. The zero-order valence-electron chi connectivity index (χ0n) is 8.53. The van der Waals surface area contributed by atoms with Gasteiger partial charge in [-0.2, -0.15) is 0 Å². The standard InChI is InChI=1S/C9H14N4O/c1-9(2,3)8(14)13-6-4-11-5-12-7(6)10/h4-5H,1-3H3,(H,13,14)(H2,10,11,12). The molecule has 0 aliphatic heterocycles. The highest BCUT2D eigenvalue weighted by Crippen LogP contribution is 2.19. The Morgan fingerprint density at radius 2 is 2.14 bits per heavy atom. The average Bonchev–Trinajstić information content (AvgIpc) is 2.07. The van der Waals surface area contributed by atoms with Crippen LogP contribution in [0.2, 0.25) is 0 Å². The normalized spacial score (nSPS) is 11.1. The molecule has 0 bridgehead atoms. The van der Waals surface area contributed by atoms with Crippen LogP contribution in [0.25, 0.3) is 0 Å². The molecule has 0 saturated heterocycles. The second-order valence-corrected chi connectivity index (χ2v) is 4.03. The molecule has 1 heterocycles. The van der Waals surface area contributed by atoms with E-state index in [0.29, 0.717) is 5.69 Å². The molecule has 0 atom stereocenters. The van der Waals surface area contributed by atoms with Crippen molar-refractivity contribution >= 4 is 17.4 Å². The van der Waals surface area contributed by atoms with Crippen LogP contribution in [-0.4, -0.2) is 15.9 Å². The number of nitrogen functional groups attached to an aromatic ring is 1. The summed E-state index contributed by atoms with van der Waals surface area (Å²) in [5.41, 5.74) is 5.54. The lowest BCUT2D eigenvalue weighted by Crippen LogP contribution is -2.28. The summed E-state index contributed by atoms with van der Waals surface area (Å²) in [6, 6.07) is 0. The van der Waals surface area contributed by atoms with Gasteiger partial charge in [0.25, 0.3) is 0 Å². The SMILES string of the molecule is CC(C)(C)C(=O)Nc1cncnc1N. The second kappa shape index (κ2) is 3.61. The molecule has 0 unspecified atom stereocenters. The lowest BCUT2D eigenvalue weighted by Gasteiger charge is -2.17. The van der Waals surface area contributed by atoms with E-state index in [4.69, 9.17) is 5.73 Å². The Labute approximate surface area is 82.7 Å². The number of carbonyl (C=O) groups is 1. The fourth-order valence-electron chi connectivity index (χ4n) is 0.745. The minimum absolute atomic E-state index is 0.112. The monoisotopic (exact) mass is 194 g/mol. The second-order valence-electron chi connectivity index (χ2n) is 4.03. The summed E-state index contributed by atoms with van der Waals surface area (Å²) in [7, 11) is 0. The molecule has 1 amide bonds. The van der Waals surface area contributed by atoms with Gasteiger partial charge in [-0.25, -0.2) is 9.97 Å². The highest BCUT2D eigenvalue weighted by molar-refractivity contribution is 5.96. The van der Waals surface area contributed by atoms with E-state index in [2.05, 4.69) is 15.3 Å². The van der Waals surface area contributed by atoms with E-state index in [1.54, 1.807) is 0 Å². The molecular formula is C9H14N4O. The number of rotatable bonds is 1. The largest absolute Gasteiger partial charge is 0.382 e. The fraction of sp³-hybridized carbons (Fsp3) is 0.444. The van der Waals surface area contributed by atoms with Crippen molar-refractivity contribution in [3.63, 3.8) is 0 Å². The average molecular weight is 194 g/mol. The molecule has 5 heteroatoms. The summed E-state index contributed by atoms with van der Waals surface area (Å²) < 4.78 is 0. The third kappa shape index (κ3) is 2.42. The molecule has 76 valence electrons. The summed E-state index contributed by atoms with van der Waals surface area (Å²) in [6.45, 7) is 5.47. The van der Waals surface area contributed by atoms with Crippen LogP contribution >= 0.6 is 0 Å². The summed E-state index contributed by atoms with van der Waals surface area (Å²) >= 11 is 0.